The number of carbonyl (C=O) groups is 1. The molecule has 1 atom stereocenters. The summed E-state index contributed by atoms with van der Waals surface area (Å²) in [4.78, 5) is 20.6. The van der Waals surface area contributed by atoms with Gasteiger partial charge in [-0.1, -0.05) is 0 Å². The lowest BCUT2D eigenvalue weighted by Gasteiger charge is -2.24. The Bertz CT molecular complexity index is 543. The molecule has 5 nitrogen and oxygen atoms in total. The van der Waals surface area contributed by atoms with Crippen molar-refractivity contribution in [3.05, 3.63) is 23.9 Å². The molecular formula is C15H20N4OS. The zero-order valence-corrected chi connectivity index (χ0v) is 13.3. The lowest BCUT2D eigenvalue weighted by molar-refractivity contribution is -0.130. The second kappa shape index (κ2) is 7.32. The summed E-state index contributed by atoms with van der Waals surface area (Å²) in [6.45, 7) is 4.95. The van der Waals surface area contributed by atoms with E-state index in [2.05, 4.69) is 16.0 Å². The first-order valence-electron chi connectivity index (χ1n) is 7.09. The van der Waals surface area contributed by atoms with Gasteiger partial charge in [-0.05, 0) is 31.7 Å². The molecule has 6 heteroatoms. The predicted molar refractivity (Wildman–Crippen MR) is 85.3 cm³/mol. The average Bonchev–Trinajstić information content (AvgIpc) is 2.79. The maximum absolute atomic E-state index is 12.3. The summed E-state index contributed by atoms with van der Waals surface area (Å²) in [5.41, 5.74) is 0.592. The monoisotopic (exact) mass is 304 g/mol. The van der Waals surface area contributed by atoms with E-state index < -0.39 is 0 Å². The molecule has 1 fully saturated rings. The number of carbonyl (C=O) groups excluding carboxylic acids is 1. The largest absolute Gasteiger partial charge is 0.354 e. The summed E-state index contributed by atoms with van der Waals surface area (Å²) in [5, 5.41) is 9.18. The van der Waals surface area contributed by atoms with Crippen molar-refractivity contribution >= 4 is 23.5 Å². The van der Waals surface area contributed by atoms with Crippen LogP contribution in [0.2, 0.25) is 0 Å². The van der Waals surface area contributed by atoms with Gasteiger partial charge in [0.05, 0.1) is 10.8 Å². The number of hydrogen-bond acceptors (Lipinski definition) is 5. The first-order valence-corrected chi connectivity index (χ1v) is 8.37. The molecule has 0 radical (unpaired) electrons. The van der Waals surface area contributed by atoms with Crippen LogP contribution >= 0.6 is 11.8 Å². The number of nitrogens with zero attached hydrogens (tertiary/aromatic N) is 4. The number of aromatic nitrogens is 1. The van der Waals surface area contributed by atoms with E-state index >= 15 is 0 Å². The molecule has 1 saturated heterocycles. The minimum atomic E-state index is 0.000990. The molecule has 1 amide bonds. The van der Waals surface area contributed by atoms with Crippen molar-refractivity contribution in [2.24, 2.45) is 0 Å². The fraction of sp³-hybridized carbons (Fsp3) is 0.533. The minimum Gasteiger partial charge on any atom is -0.354 e. The number of hydrogen-bond donors (Lipinski definition) is 0. The highest BCUT2D eigenvalue weighted by Gasteiger charge is 2.24. The van der Waals surface area contributed by atoms with Gasteiger partial charge in [0.15, 0.2) is 0 Å². The Morgan fingerprint density at radius 3 is 2.95 bits per heavy atom. The third-order valence-corrected chi connectivity index (χ3v) is 4.62. The van der Waals surface area contributed by atoms with Crippen LogP contribution in [-0.4, -0.2) is 53.5 Å². The maximum atomic E-state index is 12.3. The number of nitriles is 1. The Morgan fingerprint density at radius 1 is 1.43 bits per heavy atom. The minimum absolute atomic E-state index is 0.000990. The highest BCUT2D eigenvalue weighted by Crippen LogP contribution is 2.19. The van der Waals surface area contributed by atoms with Crippen molar-refractivity contribution in [3.8, 4) is 6.07 Å². The number of anilines is 1. The third-order valence-electron chi connectivity index (χ3n) is 3.72. The van der Waals surface area contributed by atoms with E-state index in [0.717, 1.165) is 31.9 Å². The SMILES string of the molecule is CS[C@H](C)C(=O)N1CCCN(c2ncccc2C#N)CC1. The summed E-state index contributed by atoms with van der Waals surface area (Å²) in [7, 11) is 0. The van der Waals surface area contributed by atoms with Gasteiger partial charge in [0.1, 0.15) is 11.9 Å². The Morgan fingerprint density at radius 2 is 2.24 bits per heavy atom. The Balaban J connectivity index is 2.08. The van der Waals surface area contributed by atoms with E-state index in [1.165, 1.54) is 0 Å². The van der Waals surface area contributed by atoms with Crippen molar-refractivity contribution in [2.75, 3.05) is 37.3 Å². The molecule has 1 aromatic heterocycles. The van der Waals surface area contributed by atoms with Crippen LogP contribution in [0.1, 0.15) is 18.9 Å². The van der Waals surface area contributed by atoms with Crippen LogP contribution in [0.3, 0.4) is 0 Å². The number of amides is 1. The third kappa shape index (κ3) is 3.67. The quantitative estimate of drug-likeness (QED) is 0.851. The van der Waals surface area contributed by atoms with Crippen LogP contribution in [0, 0.1) is 11.3 Å². The molecule has 1 aliphatic rings. The molecule has 0 saturated carbocycles. The van der Waals surface area contributed by atoms with Gasteiger partial charge in [-0.3, -0.25) is 4.79 Å². The molecule has 1 aliphatic heterocycles. The second-order valence-corrected chi connectivity index (χ2v) is 6.21. The Hall–Kier alpha value is -1.74. The molecule has 0 spiro atoms. The van der Waals surface area contributed by atoms with Crippen LogP contribution in [-0.2, 0) is 4.79 Å². The van der Waals surface area contributed by atoms with Gasteiger partial charge in [0.2, 0.25) is 5.91 Å². The number of pyridine rings is 1. The highest BCUT2D eigenvalue weighted by molar-refractivity contribution is 7.99. The van der Waals surface area contributed by atoms with Gasteiger partial charge >= 0.3 is 0 Å². The molecule has 2 rings (SSSR count). The first-order chi connectivity index (χ1) is 10.2. The zero-order chi connectivity index (χ0) is 15.2. The summed E-state index contributed by atoms with van der Waals surface area (Å²) in [6, 6.07) is 5.74. The van der Waals surface area contributed by atoms with E-state index in [1.54, 1.807) is 30.1 Å². The van der Waals surface area contributed by atoms with Crippen molar-refractivity contribution in [1.29, 1.82) is 5.26 Å². The summed E-state index contributed by atoms with van der Waals surface area (Å²) >= 11 is 1.58. The van der Waals surface area contributed by atoms with E-state index in [0.29, 0.717) is 12.1 Å². The topological polar surface area (TPSA) is 60.2 Å². The summed E-state index contributed by atoms with van der Waals surface area (Å²) in [6.07, 6.45) is 4.56. The van der Waals surface area contributed by atoms with Crippen LogP contribution in [0.5, 0.6) is 0 Å². The normalized spacial score (nSPS) is 17.0. The van der Waals surface area contributed by atoms with Crippen molar-refractivity contribution in [1.82, 2.24) is 9.88 Å². The van der Waals surface area contributed by atoms with Crippen molar-refractivity contribution in [2.45, 2.75) is 18.6 Å². The molecule has 0 aliphatic carbocycles. The van der Waals surface area contributed by atoms with Gasteiger partial charge in [0, 0.05) is 32.4 Å². The smallest absolute Gasteiger partial charge is 0.235 e. The van der Waals surface area contributed by atoms with Crippen molar-refractivity contribution < 1.29 is 4.79 Å². The van der Waals surface area contributed by atoms with Crippen LogP contribution < -0.4 is 4.90 Å². The maximum Gasteiger partial charge on any atom is 0.235 e. The molecule has 0 aromatic carbocycles. The van der Waals surface area contributed by atoms with E-state index in [9.17, 15) is 10.1 Å². The molecule has 1 aromatic rings. The number of thioether (sulfide) groups is 1. The number of rotatable bonds is 3. The van der Waals surface area contributed by atoms with Gasteiger partial charge in [-0.15, -0.1) is 0 Å². The highest BCUT2D eigenvalue weighted by atomic mass is 32.2. The van der Waals surface area contributed by atoms with Crippen LogP contribution in [0.4, 0.5) is 5.82 Å². The molecule has 0 N–H and O–H groups in total. The summed E-state index contributed by atoms with van der Waals surface area (Å²) < 4.78 is 0. The Kier molecular flexibility index (Phi) is 5.45. The average molecular weight is 304 g/mol. The fourth-order valence-electron chi connectivity index (χ4n) is 2.44. The van der Waals surface area contributed by atoms with Gasteiger partial charge in [-0.25, -0.2) is 4.98 Å². The van der Waals surface area contributed by atoms with Crippen LogP contribution in [0.15, 0.2) is 18.3 Å². The molecule has 21 heavy (non-hydrogen) atoms. The van der Waals surface area contributed by atoms with Gasteiger partial charge in [-0.2, -0.15) is 17.0 Å². The Labute approximate surface area is 129 Å². The van der Waals surface area contributed by atoms with E-state index in [4.69, 9.17) is 0 Å². The van der Waals surface area contributed by atoms with Gasteiger partial charge < -0.3 is 9.80 Å². The molecule has 112 valence electrons. The zero-order valence-electron chi connectivity index (χ0n) is 12.5. The van der Waals surface area contributed by atoms with E-state index in [-0.39, 0.29) is 11.2 Å². The lowest BCUT2D eigenvalue weighted by Crippen LogP contribution is -2.39. The molecule has 0 unspecified atom stereocenters. The molecule has 2 heterocycles. The summed E-state index contributed by atoms with van der Waals surface area (Å²) in [5.74, 6) is 0.929. The fourth-order valence-corrected chi connectivity index (χ4v) is 2.79. The van der Waals surface area contributed by atoms with Crippen molar-refractivity contribution in [3.63, 3.8) is 0 Å². The van der Waals surface area contributed by atoms with Gasteiger partial charge in [0.25, 0.3) is 0 Å². The second-order valence-electron chi connectivity index (χ2n) is 5.03. The molecular weight excluding hydrogens is 284 g/mol. The first kappa shape index (κ1) is 15.6. The standard InChI is InChI=1S/C15H20N4OS/c1-12(21-2)15(20)19-8-4-7-18(9-10-19)14-13(11-16)5-3-6-17-14/h3,5-6,12H,4,7-10H2,1-2H3/t12-/m1/s1. The van der Waals surface area contributed by atoms with E-state index in [1.807, 2.05) is 18.1 Å². The molecule has 0 bridgehead atoms. The van der Waals surface area contributed by atoms with Crippen LogP contribution in [0.25, 0.3) is 0 Å². The lowest BCUT2D eigenvalue weighted by atomic mass is 10.2. The predicted octanol–water partition coefficient (Wildman–Crippen LogP) is 1.74.